The lowest BCUT2D eigenvalue weighted by Crippen LogP contribution is -2.48. The van der Waals surface area contributed by atoms with Gasteiger partial charge in [0.25, 0.3) is 5.69 Å². The highest BCUT2D eigenvalue weighted by atomic mass is 32.2. The van der Waals surface area contributed by atoms with Gasteiger partial charge in [-0.15, -0.1) is 0 Å². The predicted octanol–water partition coefficient (Wildman–Crippen LogP) is 1.31. The summed E-state index contributed by atoms with van der Waals surface area (Å²) in [6.45, 7) is 5.29. The smallest absolute Gasteiger partial charge is 0.270 e. The van der Waals surface area contributed by atoms with E-state index in [9.17, 15) is 18.5 Å². The molecule has 0 bridgehead atoms. The molecule has 0 radical (unpaired) electrons. The van der Waals surface area contributed by atoms with Crippen LogP contribution in [0, 0.1) is 10.1 Å². The van der Waals surface area contributed by atoms with E-state index in [1.54, 1.807) is 0 Å². The van der Waals surface area contributed by atoms with Crippen LogP contribution in [-0.2, 0) is 10.0 Å². The summed E-state index contributed by atoms with van der Waals surface area (Å²) in [5, 5.41) is 10.8. The molecule has 2 rings (SSSR count). The Hall–Kier alpha value is -1.51. The van der Waals surface area contributed by atoms with Crippen molar-refractivity contribution in [2.75, 3.05) is 32.7 Å². The van der Waals surface area contributed by atoms with Gasteiger partial charge in [0, 0.05) is 38.3 Å². The fourth-order valence-corrected chi connectivity index (χ4v) is 3.88. The summed E-state index contributed by atoms with van der Waals surface area (Å²) in [7, 11) is -3.65. The summed E-state index contributed by atoms with van der Waals surface area (Å²) in [5.41, 5.74) is -0.208. The SMILES string of the molecule is CCCN1CCN(S(=O)(=O)c2cccc([N+](=O)[O-])c2)CC1. The van der Waals surface area contributed by atoms with Gasteiger partial charge in [-0.3, -0.25) is 10.1 Å². The average Bonchev–Trinajstić information content (AvgIpc) is 2.48. The van der Waals surface area contributed by atoms with Crippen molar-refractivity contribution < 1.29 is 13.3 Å². The normalized spacial score (nSPS) is 17.8. The second kappa shape index (κ2) is 6.50. The maximum Gasteiger partial charge on any atom is 0.270 e. The van der Waals surface area contributed by atoms with E-state index >= 15 is 0 Å². The highest BCUT2D eigenvalue weighted by molar-refractivity contribution is 7.89. The highest BCUT2D eigenvalue weighted by Gasteiger charge is 2.29. The number of benzene rings is 1. The first-order valence-corrected chi connectivity index (χ1v) is 8.36. The van der Waals surface area contributed by atoms with E-state index in [2.05, 4.69) is 11.8 Å². The van der Waals surface area contributed by atoms with Crippen molar-refractivity contribution in [2.24, 2.45) is 0 Å². The standard InChI is InChI=1S/C13H19N3O4S/c1-2-6-14-7-9-15(10-8-14)21(19,20)13-5-3-4-12(11-13)16(17)18/h3-5,11H,2,6-10H2,1H3. The van der Waals surface area contributed by atoms with Crippen LogP contribution in [0.3, 0.4) is 0 Å². The Morgan fingerprint density at radius 3 is 2.48 bits per heavy atom. The Balaban J connectivity index is 2.16. The molecule has 1 aromatic rings. The van der Waals surface area contributed by atoms with Gasteiger partial charge >= 0.3 is 0 Å². The van der Waals surface area contributed by atoms with Crippen LogP contribution in [0.2, 0.25) is 0 Å². The van der Waals surface area contributed by atoms with Gasteiger partial charge in [-0.2, -0.15) is 4.31 Å². The van der Waals surface area contributed by atoms with Crippen LogP contribution >= 0.6 is 0 Å². The minimum Gasteiger partial charge on any atom is -0.301 e. The molecule has 0 unspecified atom stereocenters. The van der Waals surface area contributed by atoms with Crippen LogP contribution in [0.25, 0.3) is 0 Å². The molecule has 8 heteroatoms. The molecule has 0 aromatic heterocycles. The number of nitrogens with zero attached hydrogens (tertiary/aromatic N) is 3. The quantitative estimate of drug-likeness (QED) is 0.604. The third-order valence-electron chi connectivity index (χ3n) is 3.54. The van der Waals surface area contributed by atoms with Crippen molar-refractivity contribution in [3.63, 3.8) is 0 Å². The summed E-state index contributed by atoms with van der Waals surface area (Å²) in [5.74, 6) is 0. The molecule has 1 aromatic carbocycles. The summed E-state index contributed by atoms with van der Waals surface area (Å²) < 4.78 is 26.4. The lowest BCUT2D eigenvalue weighted by molar-refractivity contribution is -0.385. The molecule has 1 fully saturated rings. The van der Waals surface area contributed by atoms with Crippen LogP contribution < -0.4 is 0 Å². The molecule has 0 aliphatic carbocycles. The largest absolute Gasteiger partial charge is 0.301 e. The molecule has 116 valence electrons. The van der Waals surface area contributed by atoms with E-state index in [1.165, 1.54) is 22.5 Å². The van der Waals surface area contributed by atoms with Gasteiger partial charge in [-0.1, -0.05) is 13.0 Å². The lowest BCUT2D eigenvalue weighted by atomic mass is 10.3. The van der Waals surface area contributed by atoms with Crippen LogP contribution in [-0.4, -0.2) is 55.3 Å². The Labute approximate surface area is 124 Å². The lowest BCUT2D eigenvalue weighted by Gasteiger charge is -2.33. The molecule has 1 saturated heterocycles. The van der Waals surface area contributed by atoms with Crippen molar-refractivity contribution in [3.8, 4) is 0 Å². The van der Waals surface area contributed by atoms with Crippen molar-refractivity contribution in [3.05, 3.63) is 34.4 Å². The van der Waals surface area contributed by atoms with Gasteiger partial charge < -0.3 is 4.90 Å². The molecule has 0 spiro atoms. The summed E-state index contributed by atoms with van der Waals surface area (Å²) in [4.78, 5) is 12.4. The molecule has 1 heterocycles. The summed E-state index contributed by atoms with van der Waals surface area (Å²) >= 11 is 0. The minimum atomic E-state index is -3.65. The summed E-state index contributed by atoms with van der Waals surface area (Å²) in [6, 6.07) is 5.21. The molecule has 0 atom stereocenters. The average molecular weight is 313 g/mol. The molecular formula is C13H19N3O4S. The van der Waals surface area contributed by atoms with Crippen LogP contribution in [0.4, 0.5) is 5.69 Å². The van der Waals surface area contributed by atoms with Crippen molar-refractivity contribution in [2.45, 2.75) is 18.2 Å². The second-order valence-electron chi connectivity index (χ2n) is 5.00. The maximum atomic E-state index is 12.5. The van der Waals surface area contributed by atoms with Crippen molar-refractivity contribution >= 4 is 15.7 Å². The first-order chi connectivity index (χ1) is 9.95. The maximum absolute atomic E-state index is 12.5. The molecule has 0 saturated carbocycles. The van der Waals surface area contributed by atoms with Gasteiger partial charge in [-0.25, -0.2) is 8.42 Å². The number of sulfonamides is 1. The van der Waals surface area contributed by atoms with E-state index in [0.29, 0.717) is 26.2 Å². The first-order valence-electron chi connectivity index (χ1n) is 6.92. The first kappa shape index (κ1) is 15.9. The zero-order valence-electron chi connectivity index (χ0n) is 11.9. The monoisotopic (exact) mass is 313 g/mol. The number of piperazine rings is 1. The molecule has 1 aliphatic heterocycles. The molecule has 7 nitrogen and oxygen atoms in total. The zero-order valence-corrected chi connectivity index (χ0v) is 12.8. The highest BCUT2D eigenvalue weighted by Crippen LogP contribution is 2.21. The predicted molar refractivity (Wildman–Crippen MR) is 78.6 cm³/mol. The third-order valence-corrected chi connectivity index (χ3v) is 5.43. The van der Waals surface area contributed by atoms with E-state index in [1.807, 2.05) is 0 Å². The number of hydrogen-bond donors (Lipinski definition) is 0. The van der Waals surface area contributed by atoms with Gasteiger partial charge in [0.2, 0.25) is 10.0 Å². The van der Waals surface area contributed by atoms with Crippen LogP contribution in [0.1, 0.15) is 13.3 Å². The molecule has 1 aliphatic rings. The number of non-ortho nitro benzene ring substituents is 1. The van der Waals surface area contributed by atoms with Crippen LogP contribution in [0.5, 0.6) is 0 Å². The van der Waals surface area contributed by atoms with Crippen LogP contribution in [0.15, 0.2) is 29.2 Å². The van der Waals surface area contributed by atoms with E-state index in [0.717, 1.165) is 19.0 Å². The third kappa shape index (κ3) is 3.58. The van der Waals surface area contributed by atoms with E-state index < -0.39 is 14.9 Å². The van der Waals surface area contributed by atoms with Gasteiger partial charge in [0.05, 0.1) is 9.82 Å². The van der Waals surface area contributed by atoms with Gasteiger partial charge in [0.1, 0.15) is 0 Å². The fourth-order valence-electron chi connectivity index (χ4n) is 2.42. The Bertz CT molecular complexity index is 610. The number of rotatable bonds is 5. The molecule has 0 amide bonds. The molecular weight excluding hydrogens is 294 g/mol. The Morgan fingerprint density at radius 2 is 1.90 bits per heavy atom. The number of hydrogen-bond acceptors (Lipinski definition) is 5. The van der Waals surface area contributed by atoms with Gasteiger partial charge in [-0.05, 0) is 19.0 Å². The van der Waals surface area contributed by atoms with Crippen molar-refractivity contribution in [1.29, 1.82) is 0 Å². The fraction of sp³-hybridized carbons (Fsp3) is 0.538. The second-order valence-corrected chi connectivity index (χ2v) is 6.94. The molecule has 21 heavy (non-hydrogen) atoms. The van der Waals surface area contributed by atoms with E-state index in [-0.39, 0.29) is 10.6 Å². The van der Waals surface area contributed by atoms with E-state index in [4.69, 9.17) is 0 Å². The number of nitro benzene ring substituents is 1. The zero-order chi connectivity index (χ0) is 15.5. The molecule has 0 N–H and O–H groups in total. The topological polar surface area (TPSA) is 83.8 Å². The van der Waals surface area contributed by atoms with Crippen molar-refractivity contribution in [1.82, 2.24) is 9.21 Å². The number of nitro groups is 1. The summed E-state index contributed by atoms with van der Waals surface area (Å²) in [6.07, 6.45) is 1.04. The minimum absolute atomic E-state index is 0.0133. The Kier molecular flexibility index (Phi) is 4.92. The van der Waals surface area contributed by atoms with Gasteiger partial charge in [0.15, 0.2) is 0 Å². The Morgan fingerprint density at radius 1 is 1.24 bits per heavy atom.